The van der Waals surface area contributed by atoms with E-state index in [0.717, 1.165) is 24.4 Å². The number of rotatable bonds is 5. The molecule has 1 saturated heterocycles. The fourth-order valence-corrected chi connectivity index (χ4v) is 3.86. The van der Waals surface area contributed by atoms with Crippen LogP contribution in [0.25, 0.3) is 0 Å². The van der Waals surface area contributed by atoms with Crippen molar-refractivity contribution in [1.29, 1.82) is 0 Å². The van der Waals surface area contributed by atoms with Gasteiger partial charge in [0.2, 0.25) is 11.8 Å². The van der Waals surface area contributed by atoms with Gasteiger partial charge >= 0.3 is 0 Å². The van der Waals surface area contributed by atoms with Crippen molar-refractivity contribution >= 4 is 29.3 Å². The Labute approximate surface area is 142 Å². The van der Waals surface area contributed by atoms with Crippen molar-refractivity contribution in [2.75, 3.05) is 24.2 Å². The van der Waals surface area contributed by atoms with Crippen LogP contribution in [-0.2, 0) is 16.0 Å². The minimum Gasteiger partial charge on any atom is -0.340 e. The van der Waals surface area contributed by atoms with Gasteiger partial charge in [0, 0.05) is 29.8 Å². The number of nitrogens with zero attached hydrogens (tertiary/aromatic N) is 1. The highest BCUT2D eigenvalue weighted by atomic mass is 32.2. The second kappa shape index (κ2) is 8.20. The quantitative estimate of drug-likeness (QED) is 0.844. The monoisotopic (exact) mass is 332 g/mol. The molecule has 5 heteroatoms. The third-order valence-electron chi connectivity index (χ3n) is 3.99. The van der Waals surface area contributed by atoms with Crippen LogP contribution >= 0.6 is 11.8 Å². The average molecular weight is 332 g/mol. The van der Waals surface area contributed by atoms with E-state index in [1.807, 2.05) is 40.9 Å². The molecule has 4 nitrogen and oxygen atoms in total. The molecule has 1 fully saturated rings. The van der Waals surface area contributed by atoms with E-state index in [1.165, 1.54) is 6.08 Å². The Morgan fingerprint density at radius 3 is 2.87 bits per heavy atom. The Hall–Kier alpha value is -1.75. The fourth-order valence-electron chi connectivity index (χ4n) is 2.56. The van der Waals surface area contributed by atoms with Gasteiger partial charge in [-0.25, -0.2) is 0 Å². The van der Waals surface area contributed by atoms with E-state index in [-0.39, 0.29) is 11.8 Å². The number of carbonyl (C=O) groups is 2. The van der Waals surface area contributed by atoms with Gasteiger partial charge in [-0.3, -0.25) is 9.59 Å². The summed E-state index contributed by atoms with van der Waals surface area (Å²) in [7, 11) is 0. The smallest absolute Gasteiger partial charge is 0.247 e. The van der Waals surface area contributed by atoms with E-state index in [0.29, 0.717) is 23.3 Å². The molecule has 0 aromatic heterocycles. The second-order valence-electron chi connectivity index (χ2n) is 6.02. The molecule has 1 heterocycles. The van der Waals surface area contributed by atoms with E-state index < -0.39 is 0 Å². The molecule has 1 aliphatic heterocycles. The van der Waals surface area contributed by atoms with E-state index in [2.05, 4.69) is 25.7 Å². The molecule has 1 N–H and O–H groups in total. The summed E-state index contributed by atoms with van der Waals surface area (Å²) in [4.78, 5) is 26.1. The molecule has 0 saturated carbocycles. The Morgan fingerprint density at radius 2 is 2.17 bits per heavy atom. The van der Waals surface area contributed by atoms with E-state index in [4.69, 9.17) is 0 Å². The summed E-state index contributed by atoms with van der Waals surface area (Å²) in [5, 5.41) is 3.27. The maximum atomic E-state index is 12.6. The predicted molar refractivity (Wildman–Crippen MR) is 96.6 cm³/mol. The third kappa shape index (κ3) is 4.86. The Bertz CT molecular complexity index is 586. The summed E-state index contributed by atoms with van der Waals surface area (Å²) >= 11 is 1.95. The number of nitrogens with one attached hydrogen (secondary N) is 1. The average Bonchev–Trinajstić information content (AvgIpc) is 2.56. The summed E-state index contributed by atoms with van der Waals surface area (Å²) in [5.41, 5.74) is 1.52. The molecule has 1 unspecified atom stereocenters. The maximum absolute atomic E-state index is 12.6. The van der Waals surface area contributed by atoms with Gasteiger partial charge < -0.3 is 10.2 Å². The van der Waals surface area contributed by atoms with Crippen molar-refractivity contribution in [2.45, 2.75) is 25.5 Å². The first-order valence-corrected chi connectivity index (χ1v) is 8.97. The standard InChI is InChI=1S/C18H24N2O2S/c1-4-17(21)19-15-8-6-5-7-14(15)11-18(22)20-9-10-23-16(12-20)13(2)3/h4-8,13,16H,1,9-12H2,2-3H3,(H,19,21). The van der Waals surface area contributed by atoms with Crippen LogP contribution in [0.3, 0.4) is 0 Å². The largest absolute Gasteiger partial charge is 0.340 e. The number of carbonyl (C=O) groups excluding carboxylic acids is 2. The van der Waals surface area contributed by atoms with Crippen LogP contribution in [0.15, 0.2) is 36.9 Å². The minimum absolute atomic E-state index is 0.122. The number of para-hydroxylation sites is 1. The van der Waals surface area contributed by atoms with E-state index in [1.54, 1.807) is 0 Å². The van der Waals surface area contributed by atoms with Gasteiger partial charge in [0.25, 0.3) is 0 Å². The molecule has 124 valence electrons. The van der Waals surface area contributed by atoms with Crippen LogP contribution in [0.1, 0.15) is 19.4 Å². The predicted octanol–water partition coefficient (Wildman–Crippen LogP) is 2.95. The van der Waals surface area contributed by atoms with Gasteiger partial charge in [-0.15, -0.1) is 0 Å². The van der Waals surface area contributed by atoms with Gasteiger partial charge in [-0.2, -0.15) is 11.8 Å². The van der Waals surface area contributed by atoms with Crippen LogP contribution in [0.4, 0.5) is 5.69 Å². The zero-order valence-electron chi connectivity index (χ0n) is 13.7. The number of thioether (sulfide) groups is 1. The first-order chi connectivity index (χ1) is 11.0. The summed E-state index contributed by atoms with van der Waals surface area (Å²) < 4.78 is 0. The normalized spacial score (nSPS) is 17.9. The molecule has 1 atom stereocenters. The van der Waals surface area contributed by atoms with Crippen LogP contribution in [0, 0.1) is 5.92 Å². The first kappa shape index (κ1) is 17.6. The minimum atomic E-state index is -0.265. The number of hydrogen-bond donors (Lipinski definition) is 1. The van der Waals surface area contributed by atoms with Crippen molar-refractivity contribution in [2.24, 2.45) is 5.92 Å². The molecule has 1 aliphatic rings. The van der Waals surface area contributed by atoms with Crippen molar-refractivity contribution in [1.82, 2.24) is 4.90 Å². The number of amides is 2. The molecule has 0 spiro atoms. The summed E-state index contributed by atoms with van der Waals surface area (Å²) in [6.45, 7) is 9.46. The molecule has 0 aliphatic carbocycles. The number of benzene rings is 1. The Balaban J connectivity index is 2.05. The molecule has 0 radical (unpaired) electrons. The fraction of sp³-hybridized carbons (Fsp3) is 0.444. The topological polar surface area (TPSA) is 49.4 Å². The lowest BCUT2D eigenvalue weighted by atomic mass is 10.1. The Morgan fingerprint density at radius 1 is 1.43 bits per heavy atom. The van der Waals surface area contributed by atoms with Gasteiger partial charge in [0.15, 0.2) is 0 Å². The van der Waals surface area contributed by atoms with E-state index >= 15 is 0 Å². The van der Waals surface area contributed by atoms with Crippen LogP contribution in [0.5, 0.6) is 0 Å². The molecular formula is C18H24N2O2S. The lowest BCUT2D eigenvalue weighted by molar-refractivity contribution is -0.130. The van der Waals surface area contributed by atoms with Crippen LogP contribution in [0.2, 0.25) is 0 Å². The highest BCUT2D eigenvalue weighted by Gasteiger charge is 2.26. The molecule has 1 aromatic rings. The zero-order chi connectivity index (χ0) is 16.8. The van der Waals surface area contributed by atoms with Crippen molar-refractivity contribution < 1.29 is 9.59 Å². The van der Waals surface area contributed by atoms with Crippen molar-refractivity contribution in [3.63, 3.8) is 0 Å². The first-order valence-electron chi connectivity index (χ1n) is 7.92. The molecule has 2 amide bonds. The lowest BCUT2D eigenvalue weighted by Crippen LogP contribution is -2.44. The Kier molecular flexibility index (Phi) is 6.28. The highest BCUT2D eigenvalue weighted by molar-refractivity contribution is 8.00. The van der Waals surface area contributed by atoms with Crippen LogP contribution in [-0.4, -0.2) is 40.8 Å². The second-order valence-corrected chi connectivity index (χ2v) is 7.37. The van der Waals surface area contributed by atoms with Crippen LogP contribution < -0.4 is 5.32 Å². The lowest BCUT2D eigenvalue weighted by Gasteiger charge is -2.34. The highest BCUT2D eigenvalue weighted by Crippen LogP contribution is 2.26. The van der Waals surface area contributed by atoms with Gasteiger partial charge in [-0.05, 0) is 23.6 Å². The van der Waals surface area contributed by atoms with Gasteiger partial charge in [0.1, 0.15) is 0 Å². The van der Waals surface area contributed by atoms with E-state index in [9.17, 15) is 9.59 Å². The molecule has 0 bridgehead atoms. The van der Waals surface area contributed by atoms with Crippen molar-refractivity contribution in [3.8, 4) is 0 Å². The summed E-state index contributed by atoms with van der Waals surface area (Å²) in [6, 6.07) is 7.43. The van der Waals surface area contributed by atoms with Gasteiger partial charge in [-0.1, -0.05) is 38.6 Å². The maximum Gasteiger partial charge on any atom is 0.247 e. The number of hydrogen-bond acceptors (Lipinski definition) is 3. The van der Waals surface area contributed by atoms with Gasteiger partial charge in [0.05, 0.1) is 6.42 Å². The summed E-state index contributed by atoms with van der Waals surface area (Å²) in [5.74, 6) is 1.41. The number of anilines is 1. The molecule has 1 aromatic carbocycles. The third-order valence-corrected chi connectivity index (χ3v) is 5.53. The SMILES string of the molecule is C=CC(=O)Nc1ccccc1CC(=O)N1CCSC(C(C)C)C1. The summed E-state index contributed by atoms with van der Waals surface area (Å²) in [6.07, 6.45) is 1.54. The molecule has 23 heavy (non-hydrogen) atoms. The zero-order valence-corrected chi connectivity index (χ0v) is 14.6. The molecule has 2 rings (SSSR count). The van der Waals surface area contributed by atoms with Crippen molar-refractivity contribution in [3.05, 3.63) is 42.5 Å². The molecular weight excluding hydrogens is 308 g/mol.